The van der Waals surface area contributed by atoms with Crippen LogP contribution in [0, 0.1) is 6.92 Å². The molecule has 0 spiro atoms. The lowest BCUT2D eigenvalue weighted by Crippen LogP contribution is -2.39. The number of pyridine rings is 1. The molecule has 1 fully saturated rings. The standard InChI is InChI=1S/C21H25N5O/c1-15-9-10-16(13-22-15)21(27)26-12-5-4-7-18(26)17-14-25-11-6-8-19(25)20(23-17)24(2)3/h6,8-11,13-14,18H,4-5,7,12H2,1-3H3/t18-/m0/s1. The molecular formula is C21H25N5O. The molecule has 1 aliphatic heterocycles. The van der Waals surface area contributed by atoms with Crippen LogP contribution in [0.15, 0.2) is 42.9 Å². The first-order valence-electron chi connectivity index (χ1n) is 9.43. The molecule has 0 N–H and O–H groups in total. The van der Waals surface area contributed by atoms with E-state index >= 15 is 0 Å². The lowest BCUT2D eigenvalue weighted by atomic mass is 9.98. The zero-order valence-corrected chi connectivity index (χ0v) is 16.1. The number of rotatable bonds is 3. The molecule has 0 aromatic carbocycles. The number of hydrogen-bond acceptors (Lipinski definition) is 4. The van der Waals surface area contributed by atoms with Gasteiger partial charge in [0.25, 0.3) is 5.91 Å². The third-order valence-electron chi connectivity index (χ3n) is 5.20. The number of aryl methyl sites for hydroxylation is 1. The summed E-state index contributed by atoms with van der Waals surface area (Å²) in [6, 6.07) is 7.83. The summed E-state index contributed by atoms with van der Waals surface area (Å²) in [5.74, 6) is 0.959. The van der Waals surface area contributed by atoms with E-state index in [0.717, 1.165) is 48.5 Å². The Labute approximate surface area is 159 Å². The quantitative estimate of drug-likeness (QED) is 0.715. The smallest absolute Gasteiger partial charge is 0.255 e. The second kappa shape index (κ2) is 7.02. The van der Waals surface area contributed by atoms with Crippen LogP contribution in [0.5, 0.6) is 0 Å². The number of hydrogen-bond donors (Lipinski definition) is 0. The van der Waals surface area contributed by atoms with E-state index < -0.39 is 0 Å². The Hall–Kier alpha value is -2.89. The number of likely N-dealkylation sites (tertiary alicyclic amines) is 1. The van der Waals surface area contributed by atoms with Crippen molar-refractivity contribution in [2.45, 2.75) is 32.2 Å². The van der Waals surface area contributed by atoms with E-state index in [1.807, 2.05) is 55.2 Å². The summed E-state index contributed by atoms with van der Waals surface area (Å²) >= 11 is 0. The van der Waals surface area contributed by atoms with Gasteiger partial charge in [-0.25, -0.2) is 4.98 Å². The largest absolute Gasteiger partial charge is 0.361 e. The highest BCUT2D eigenvalue weighted by atomic mass is 16.2. The molecule has 0 unspecified atom stereocenters. The van der Waals surface area contributed by atoms with E-state index in [1.165, 1.54) is 0 Å². The second-order valence-corrected chi connectivity index (χ2v) is 7.38. The molecule has 0 aliphatic carbocycles. The van der Waals surface area contributed by atoms with Crippen LogP contribution in [0.25, 0.3) is 5.52 Å². The van der Waals surface area contributed by atoms with Crippen LogP contribution in [0.2, 0.25) is 0 Å². The van der Waals surface area contributed by atoms with Gasteiger partial charge in [-0.2, -0.15) is 0 Å². The van der Waals surface area contributed by atoms with Gasteiger partial charge in [0.2, 0.25) is 0 Å². The molecule has 4 heterocycles. The van der Waals surface area contributed by atoms with Gasteiger partial charge in [0.1, 0.15) is 0 Å². The maximum atomic E-state index is 13.2. The summed E-state index contributed by atoms with van der Waals surface area (Å²) in [6.07, 6.45) is 8.82. The lowest BCUT2D eigenvalue weighted by Gasteiger charge is -2.35. The van der Waals surface area contributed by atoms with Gasteiger partial charge in [-0.15, -0.1) is 0 Å². The Bertz CT molecular complexity index is 960. The molecule has 0 radical (unpaired) electrons. The zero-order valence-electron chi connectivity index (χ0n) is 16.1. The van der Waals surface area contributed by atoms with Crippen LogP contribution < -0.4 is 4.90 Å². The minimum absolute atomic E-state index is 0.0157. The van der Waals surface area contributed by atoms with Crippen molar-refractivity contribution in [2.75, 3.05) is 25.5 Å². The molecule has 1 atom stereocenters. The first kappa shape index (κ1) is 17.5. The van der Waals surface area contributed by atoms with Gasteiger partial charge in [-0.3, -0.25) is 9.78 Å². The third-order valence-corrected chi connectivity index (χ3v) is 5.20. The average molecular weight is 363 g/mol. The number of nitrogens with zero attached hydrogens (tertiary/aromatic N) is 5. The lowest BCUT2D eigenvalue weighted by molar-refractivity contribution is 0.0605. The van der Waals surface area contributed by atoms with E-state index in [0.29, 0.717) is 5.56 Å². The van der Waals surface area contributed by atoms with E-state index in [-0.39, 0.29) is 11.9 Å². The molecule has 1 aliphatic rings. The SMILES string of the molecule is Cc1ccc(C(=O)N2CCCC[C@H]2c2cn3cccc3c(N(C)C)n2)cn1. The highest BCUT2D eigenvalue weighted by Gasteiger charge is 2.30. The Morgan fingerprint density at radius 2 is 2.07 bits per heavy atom. The van der Waals surface area contributed by atoms with Gasteiger partial charge >= 0.3 is 0 Å². The van der Waals surface area contributed by atoms with Crippen molar-refractivity contribution in [3.63, 3.8) is 0 Å². The van der Waals surface area contributed by atoms with Gasteiger partial charge in [0.15, 0.2) is 5.82 Å². The number of amides is 1. The number of carbonyl (C=O) groups excluding carboxylic acids is 1. The summed E-state index contributed by atoms with van der Waals surface area (Å²) in [5.41, 5.74) is 3.56. The van der Waals surface area contributed by atoms with Gasteiger partial charge in [0.05, 0.1) is 22.8 Å². The van der Waals surface area contributed by atoms with Crippen LogP contribution >= 0.6 is 0 Å². The van der Waals surface area contributed by atoms with Gasteiger partial charge in [-0.05, 0) is 50.5 Å². The van der Waals surface area contributed by atoms with Gasteiger partial charge < -0.3 is 14.2 Å². The highest BCUT2D eigenvalue weighted by Crippen LogP contribution is 2.33. The molecule has 1 saturated heterocycles. The van der Waals surface area contributed by atoms with Crippen LogP contribution in [0.3, 0.4) is 0 Å². The van der Waals surface area contributed by atoms with E-state index in [9.17, 15) is 4.79 Å². The number of aromatic nitrogens is 3. The van der Waals surface area contributed by atoms with Gasteiger partial charge in [0, 0.05) is 44.9 Å². The Balaban J connectivity index is 1.73. The molecule has 4 rings (SSSR count). The average Bonchev–Trinajstić information content (AvgIpc) is 3.15. The normalized spacial score (nSPS) is 17.3. The zero-order chi connectivity index (χ0) is 19.0. The third kappa shape index (κ3) is 3.27. The molecule has 6 nitrogen and oxygen atoms in total. The summed E-state index contributed by atoms with van der Waals surface area (Å²) in [5, 5.41) is 0. The fourth-order valence-corrected chi connectivity index (χ4v) is 3.78. The summed E-state index contributed by atoms with van der Waals surface area (Å²) < 4.78 is 2.10. The summed E-state index contributed by atoms with van der Waals surface area (Å²) in [7, 11) is 4.00. The maximum absolute atomic E-state index is 13.2. The Morgan fingerprint density at radius 1 is 1.22 bits per heavy atom. The van der Waals surface area contributed by atoms with Crippen molar-refractivity contribution in [2.24, 2.45) is 0 Å². The number of carbonyl (C=O) groups is 1. The van der Waals surface area contributed by atoms with E-state index in [2.05, 4.69) is 21.6 Å². The molecule has 0 saturated carbocycles. The minimum atomic E-state index is -0.0157. The minimum Gasteiger partial charge on any atom is -0.361 e. The van der Waals surface area contributed by atoms with Crippen LogP contribution in [0.4, 0.5) is 5.82 Å². The molecular weight excluding hydrogens is 338 g/mol. The molecule has 3 aromatic heterocycles. The summed E-state index contributed by atoms with van der Waals surface area (Å²) in [6.45, 7) is 2.68. The van der Waals surface area contributed by atoms with E-state index in [4.69, 9.17) is 4.98 Å². The van der Waals surface area contributed by atoms with Crippen LogP contribution in [-0.2, 0) is 0 Å². The second-order valence-electron chi connectivity index (χ2n) is 7.38. The van der Waals surface area contributed by atoms with Crippen molar-refractivity contribution in [3.8, 4) is 0 Å². The monoisotopic (exact) mass is 363 g/mol. The van der Waals surface area contributed by atoms with Crippen molar-refractivity contribution in [1.29, 1.82) is 0 Å². The maximum Gasteiger partial charge on any atom is 0.255 e. The number of anilines is 1. The topological polar surface area (TPSA) is 53.7 Å². The number of fused-ring (bicyclic) bond motifs is 1. The van der Waals surface area contributed by atoms with Crippen LogP contribution in [-0.4, -0.2) is 45.8 Å². The first-order chi connectivity index (χ1) is 13.0. The van der Waals surface area contributed by atoms with Crippen molar-refractivity contribution < 1.29 is 4.79 Å². The van der Waals surface area contributed by atoms with Gasteiger partial charge in [-0.1, -0.05) is 0 Å². The van der Waals surface area contributed by atoms with Crippen molar-refractivity contribution in [1.82, 2.24) is 19.3 Å². The fourth-order valence-electron chi connectivity index (χ4n) is 3.78. The number of piperidine rings is 1. The van der Waals surface area contributed by atoms with Crippen LogP contribution in [0.1, 0.15) is 47.1 Å². The predicted octanol–water partition coefficient (Wildman–Crippen LogP) is 3.47. The Kier molecular flexibility index (Phi) is 4.56. The fraction of sp³-hybridized carbons (Fsp3) is 0.381. The molecule has 6 heteroatoms. The van der Waals surface area contributed by atoms with E-state index in [1.54, 1.807) is 6.20 Å². The predicted molar refractivity (Wildman–Crippen MR) is 106 cm³/mol. The highest BCUT2D eigenvalue weighted by molar-refractivity contribution is 5.94. The molecule has 27 heavy (non-hydrogen) atoms. The molecule has 1 amide bonds. The molecule has 0 bridgehead atoms. The first-order valence-corrected chi connectivity index (χ1v) is 9.43. The van der Waals surface area contributed by atoms with Crippen molar-refractivity contribution in [3.05, 3.63) is 59.8 Å². The molecule has 140 valence electrons. The Morgan fingerprint density at radius 3 is 2.81 bits per heavy atom. The summed E-state index contributed by atoms with van der Waals surface area (Å²) in [4.78, 5) is 26.4. The molecule has 3 aromatic rings. The van der Waals surface area contributed by atoms with Crippen molar-refractivity contribution >= 4 is 17.2 Å².